The zero-order valence-electron chi connectivity index (χ0n) is 11.0. The summed E-state index contributed by atoms with van der Waals surface area (Å²) < 4.78 is 0. The maximum Gasteiger partial charge on any atom is 0.246 e. The van der Waals surface area contributed by atoms with Gasteiger partial charge in [-0.25, -0.2) is 0 Å². The van der Waals surface area contributed by atoms with E-state index in [1.54, 1.807) is 16.7 Å². The van der Waals surface area contributed by atoms with Crippen molar-refractivity contribution in [1.82, 2.24) is 9.80 Å². The highest BCUT2D eigenvalue weighted by molar-refractivity contribution is 7.99. The summed E-state index contributed by atoms with van der Waals surface area (Å²) in [7, 11) is 0. The van der Waals surface area contributed by atoms with Gasteiger partial charge in [0.05, 0.1) is 5.88 Å². The van der Waals surface area contributed by atoms with E-state index in [4.69, 9.17) is 5.73 Å². The average molecular weight is 271 g/mol. The lowest BCUT2D eigenvalue weighted by Gasteiger charge is -2.28. The Kier molecular flexibility index (Phi) is 3.87. The summed E-state index contributed by atoms with van der Waals surface area (Å²) in [5.74, 6) is 1.42. The van der Waals surface area contributed by atoms with Gasteiger partial charge in [0.25, 0.3) is 0 Å². The molecule has 2 atom stereocenters. The minimum atomic E-state index is -0.271. The summed E-state index contributed by atoms with van der Waals surface area (Å²) in [4.78, 5) is 27.5. The normalized spacial score (nSPS) is 32.1. The molecule has 18 heavy (non-hydrogen) atoms. The molecule has 0 radical (unpaired) electrons. The average Bonchev–Trinajstić information content (AvgIpc) is 2.95. The van der Waals surface area contributed by atoms with Gasteiger partial charge in [-0.05, 0) is 18.4 Å². The van der Waals surface area contributed by atoms with E-state index in [0.717, 1.165) is 19.5 Å². The standard InChI is InChI=1S/C12H21N3O2S/c1-9(16)15-8-18-5-10(15)11(17)14-4-3-12(2,6-13)7-14/h10H,3-8,13H2,1-2H3. The van der Waals surface area contributed by atoms with Crippen LogP contribution in [0.4, 0.5) is 0 Å². The fourth-order valence-electron chi connectivity index (χ4n) is 2.55. The van der Waals surface area contributed by atoms with Crippen LogP contribution in [0.1, 0.15) is 20.3 Å². The number of nitrogens with two attached hydrogens (primary N) is 1. The predicted octanol–water partition coefficient (Wildman–Crippen LogP) is 0.105. The number of nitrogens with zero attached hydrogens (tertiary/aromatic N) is 2. The van der Waals surface area contributed by atoms with Crippen molar-refractivity contribution in [2.75, 3.05) is 31.3 Å². The van der Waals surface area contributed by atoms with Gasteiger partial charge < -0.3 is 15.5 Å². The molecule has 2 N–H and O–H groups in total. The van der Waals surface area contributed by atoms with E-state index in [1.165, 1.54) is 6.92 Å². The Labute approximate surface area is 112 Å². The minimum absolute atomic E-state index is 0.0147. The van der Waals surface area contributed by atoms with E-state index in [1.807, 2.05) is 4.90 Å². The summed E-state index contributed by atoms with van der Waals surface area (Å²) in [6.45, 7) is 5.73. The third-order valence-electron chi connectivity index (χ3n) is 3.93. The summed E-state index contributed by atoms with van der Waals surface area (Å²) in [6, 6.07) is -0.271. The van der Waals surface area contributed by atoms with E-state index in [0.29, 0.717) is 18.2 Å². The summed E-state index contributed by atoms with van der Waals surface area (Å²) in [6.07, 6.45) is 0.954. The van der Waals surface area contributed by atoms with Crippen LogP contribution in [0, 0.1) is 5.41 Å². The Hall–Kier alpha value is -0.750. The number of likely N-dealkylation sites (tertiary alicyclic amines) is 1. The van der Waals surface area contributed by atoms with E-state index >= 15 is 0 Å². The predicted molar refractivity (Wildman–Crippen MR) is 72.0 cm³/mol. The molecule has 0 aromatic rings. The van der Waals surface area contributed by atoms with Gasteiger partial charge in [-0.1, -0.05) is 6.92 Å². The molecule has 0 aromatic heterocycles. The summed E-state index contributed by atoms with van der Waals surface area (Å²) in [5.41, 5.74) is 5.80. The van der Waals surface area contributed by atoms with Crippen LogP contribution in [-0.2, 0) is 9.59 Å². The second-order valence-corrected chi connectivity index (χ2v) is 6.53. The minimum Gasteiger partial charge on any atom is -0.340 e. The summed E-state index contributed by atoms with van der Waals surface area (Å²) >= 11 is 1.64. The Morgan fingerprint density at radius 3 is 2.78 bits per heavy atom. The molecule has 0 aromatic carbocycles. The molecule has 0 saturated carbocycles. The van der Waals surface area contributed by atoms with Crippen molar-refractivity contribution in [3.8, 4) is 0 Å². The number of carbonyl (C=O) groups is 2. The molecule has 102 valence electrons. The van der Waals surface area contributed by atoms with Crippen LogP contribution in [-0.4, -0.2) is 58.9 Å². The van der Waals surface area contributed by atoms with Gasteiger partial charge in [0.1, 0.15) is 6.04 Å². The van der Waals surface area contributed by atoms with Crippen LogP contribution in [0.5, 0.6) is 0 Å². The monoisotopic (exact) mass is 271 g/mol. The van der Waals surface area contributed by atoms with Crippen molar-refractivity contribution in [1.29, 1.82) is 0 Å². The molecule has 0 spiro atoms. The largest absolute Gasteiger partial charge is 0.340 e. The first-order valence-electron chi connectivity index (χ1n) is 6.31. The van der Waals surface area contributed by atoms with Gasteiger partial charge >= 0.3 is 0 Å². The number of carbonyl (C=O) groups excluding carboxylic acids is 2. The number of hydrogen-bond acceptors (Lipinski definition) is 4. The smallest absolute Gasteiger partial charge is 0.246 e. The molecule has 0 aliphatic carbocycles. The first kappa shape index (κ1) is 13.7. The molecular formula is C12H21N3O2S. The molecule has 2 fully saturated rings. The molecule has 2 unspecified atom stereocenters. The zero-order chi connectivity index (χ0) is 13.3. The van der Waals surface area contributed by atoms with Crippen LogP contribution in [0.15, 0.2) is 0 Å². The molecule has 0 bridgehead atoms. The number of thioether (sulfide) groups is 1. The van der Waals surface area contributed by atoms with Gasteiger partial charge in [0, 0.05) is 25.8 Å². The van der Waals surface area contributed by atoms with Crippen molar-refractivity contribution in [3.63, 3.8) is 0 Å². The number of rotatable bonds is 2. The lowest BCUT2D eigenvalue weighted by atomic mass is 9.90. The molecule has 2 rings (SSSR count). The van der Waals surface area contributed by atoms with Crippen LogP contribution >= 0.6 is 11.8 Å². The Bertz CT molecular complexity index is 363. The van der Waals surface area contributed by atoms with Gasteiger partial charge in [-0.15, -0.1) is 11.8 Å². The van der Waals surface area contributed by atoms with Crippen LogP contribution in [0.3, 0.4) is 0 Å². The quantitative estimate of drug-likeness (QED) is 0.774. The van der Waals surface area contributed by atoms with Crippen LogP contribution in [0.2, 0.25) is 0 Å². The fraction of sp³-hybridized carbons (Fsp3) is 0.833. The second kappa shape index (κ2) is 5.09. The number of hydrogen-bond donors (Lipinski definition) is 1. The lowest BCUT2D eigenvalue weighted by molar-refractivity contribution is -0.141. The van der Waals surface area contributed by atoms with Crippen LogP contribution < -0.4 is 5.73 Å². The summed E-state index contributed by atoms with van der Waals surface area (Å²) in [5, 5.41) is 0. The molecule has 5 nitrogen and oxygen atoms in total. The van der Waals surface area contributed by atoms with E-state index in [-0.39, 0.29) is 23.3 Å². The van der Waals surface area contributed by atoms with Crippen molar-refractivity contribution in [3.05, 3.63) is 0 Å². The second-order valence-electron chi connectivity index (χ2n) is 5.53. The van der Waals surface area contributed by atoms with Crippen molar-refractivity contribution >= 4 is 23.6 Å². The highest BCUT2D eigenvalue weighted by Gasteiger charge is 2.41. The molecule has 6 heteroatoms. The maximum absolute atomic E-state index is 12.4. The third-order valence-corrected chi connectivity index (χ3v) is 4.95. The number of amides is 2. The topological polar surface area (TPSA) is 66.6 Å². The Morgan fingerprint density at radius 1 is 1.50 bits per heavy atom. The van der Waals surface area contributed by atoms with Gasteiger partial charge in [0.2, 0.25) is 11.8 Å². The first-order valence-corrected chi connectivity index (χ1v) is 7.46. The van der Waals surface area contributed by atoms with Gasteiger partial charge in [-0.3, -0.25) is 9.59 Å². The molecule has 2 heterocycles. The maximum atomic E-state index is 12.4. The Morgan fingerprint density at radius 2 is 2.22 bits per heavy atom. The van der Waals surface area contributed by atoms with Crippen molar-refractivity contribution in [2.24, 2.45) is 11.1 Å². The molecule has 2 amide bonds. The Balaban J connectivity index is 2.02. The lowest BCUT2D eigenvalue weighted by Crippen LogP contribution is -2.48. The third kappa shape index (κ3) is 2.49. The van der Waals surface area contributed by atoms with E-state index < -0.39 is 0 Å². The fourth-order valence-corrected chi connectivity index (χ4v) is 3.76. The highest BCUT2D eigenvalue weighted by atomic mass is 32.2. The molecular weight excluding hydrogens is 250 g/mol. The van der Waals surface area contributed by atoms with Crippen molar-refractivity contribution in [2.45, 2.75) is 26.3 Å². The highest BCUT2D eigenvalue weighted by Crippen LogP contribution is 2.31. The van der Waals surface area contributed by atoms with E-state index in [2.05, 4.69) is 6.92 Å². The SMILES string of the molecule is CC(=O)N1CSCC1C(=O)N1CCC(C)(CN)C1. The molecule has 2 saturated heterocycles. The van der Waals surface area contributed by atoms with Crippen molar-refractivity contribution < 1.29 is 9.59 Å². The van der Waals surface area contributed by atoms with E-state index in [9.17, 15) is 9.59 Å². The van der Waals surface area contributed by atoms with Gasteiger partial charge in [-0.2, -0.15) is 0 Å². The molecule has 2 aliphatic heterocycles. The zero-order valence-corrected chi connectivity index (χ0v) is 11.8. The van der Waals surface area contributed by atoms with Crippen LogP contribution in [0.25, 0.3) is 0 Å². The first-order chi connectivity index (χ1) is 8.47. The molecule has 2 aliphatic rings. The van der Waals surface area contributed by atoms with Gasteiger partial charge in [0.15, 0.2) is 0 Å².